The van der Waals surface area contributed by atoms with E-state index >= 15 is 0 Å². The van der Waals surface area contributed by atoms with E-state index in [1.54, 1.807) is 17.6 Å². The summed E-state index contributed by atoms with van der Waals surface area (Å²) in [6.45, 7) is 3.78. The zero-order valence-electron chi connectivity index (χ0n) is 15.5. The van der Waals surface area contributed by atoms with Crippen LogP contribution in [0.4, 0.5) is 0 Å². The number of carbonyl (C=O) groups is 1. The fraction of sp³-hybridized carbons (Fsp3) is 0.190. The van der Waals surface area contributed by atoms with Crippen molar-refractivity contribution in [2.24, 2.45) is 0 Å². The van der Waals surface area contributed by atoms with Gasteiger partial charge >= 0.3 is 0 Å². The predicted octanol–water partition coefficient (Wildman–Crippen LogP) is 5.23. The average molecular weight is 410 g/mol. The summed E-state index contributed by atoms with van der Waals surface area (Å²) in [6, 6.07) is 15.8. The Morgan fingerprint density at radius 2 is 2.04 bits per heavy atom. The van der Waals surface area contributed by atoms with Gasteiger partial charge in [0, 0.05) is 10.3 Å². The fourth-order valence-electron chi connectivity index (χ4n) is 2.88. The SMILES string of the molecule is Cc1nc(SCC(=O)N[C@@H](C)c2ccco2)c2cc(-c3ccccc3)sc2n1. The van der Waals surface area contributed by atoms with E-state index < -0.39 is 0 Å². The average Bonchev–Trinajstić information content (AvgIpc) is 3.36. The summed E-state index contributed by atoms with van der Waals surface area (Å²) in [6.07, 6.45) is 1.61. The van der Waals surface area contributed by atoms with Crippen LogP contribution in [0, 0.1) is 6.92 Å². The van der Waals surface area contributed by atoms with Crippen LogP contribution >= 0.6 is 23.1 Å². The number of aromatic nitrogens is 2. The molecule has 1 amide bonds. The number of amides is 1. The molecule has 1 N–H and O–H groups in total. The summed E-state index contributed by atoms with van der Waals surface area (Å²) in [4.78, 5) is 23.6. The molecule has 142 valence electrons. The van der Waals surface area contributed by atoms with Crippen molar-refractivity contribution in [1.29, 1.82) is 0 Å². The van der Waals surface area contributed by atoms with Gasteiger partial charge in [0.2, 0.25) is 5.91 Å². The van der Waals surface area contributed by atoms with E-state index in [0.717, 1.165) is 31.4 Å². The van der Waals surface area contributed by atoms with Crippen molar-refractivity contribution in [2.75, 3.05) is 5.75 Å². The largest absolute Gasteiger partial charge is 0.467 e. The summed E-state index contributed by atoms with van der Waals surface area (Å²) in [7, 11) is 0. The van der Waals surface area contributed by atoms with Gasteiger partial charge in [-0.15, -0.1) is 11.3 Å². The van der Waals surface area contributed by atoms with Crippen LogP contribution in [0.3, 0.4) is 0 Å². The van der Waals surface area contributed by atoms with Gasteiger partial charge in [0.25, 0.3) is 0 Å². The standard InChI is InChI=1S/C21H19N3O2S2/c1-13(17-9-6-10-26-17)22-19(25)12-27-20-16-11-18(15-7-4-3-5-8-15)28-21(16)24-14(2)23-20/h3-11,13H,12H2,1-2H3,(H,22,25)/t13-/m0/s1. The minimum Gasteiger partial charge on any atom is -0.467 e. The highest BCUT2D eigenvalue weighted by atomic mass is 32.2. The van der Waals surface area contributed by atoms with E-state index in [2.05, 4.69) is 33.5 Å². The normalized spacial score (nSPS) is 12.2. The number of benzene rings is 1. The zero-order valence-corrected chi connectivity index (χ0v) is 17.1. The molecule has 0 aliphatic rings. The third kappa shape index (κ3) is 4.10. The number of furan rings is 1. The molecule has 0 aliphatic carbocycles. The molecule has 3 heterocycles. The van der Waals surface area contributed by atoms with Gasteiger partial charge in [0.15, 0.2) is 0 Å². The molecule has 0 aliphatic heterocycles. The first kappa shape index (κ1) is 18.7. The van der Waals surface area contributed by atoms with Crippen LogP contribution in [0.1, 0.15) is 24.6 Å². The van der Waals surface area contributed by atoms with Crippen molar-refractivity contribution < 1.29 is 9.21 Å². The summed E-state index contributed by atoms with van der Waals surface area (Å²) < 4.78 is 5.34. The van der Waals surface area contributed by atoms with Gasteiger partial charge in [-0.2, -0.15) is 0 Å². The van der Waals surface area contributed by atoms with Crippen LogP contribution in [-0.4, -0.2) is 21.6 Å². The van der Waals surface area contributed by atoms with Gasteiger partial charge in [-0.1, -0.05) is 42.1 Å². The second kappa shape index (κ2) is 8.16. The number of fused-ring (bicyclic) bond motifs is 1. The Hall–Kier alpha value is -2.64. The van der Waals surface area contributed by atoms with Crippen LogP contribution in [0.25, 0.3) is 20.7 Å². The maximum atomic E-state index is 12.4. The van der Waals surface area contributed by atoms with Crippen LogP contribution in [0.5, 0.6) is 0 Å². The molecule has 1 aromatic carbocycles. The van der Waals surface area contributed by atoms with Gasteiger partial charge in [-0.3, -0.25) is 4.79 Å². The van der Waals surface area contributed by atoms with E-state index in [-0.39, 0.29) is 17.7 Å². The summed E-state index contributed by atoms with van der Waals surface area (Å²) in [5, 5.41) is 4.78. The highest BCUT2D eigenvalue weighted by Crippen LogP contribution is 2.36. The summed E-state index contributed by atoms with van der Waals surface area (Å²) >= 11 is 3.08. The Labute approximate surface area is 171 Å². The van der Waals surface area contributed by atoms with Crippen molar-refractivity contribution in [2.45, 2.75) is 24.9 Å². The van der Waals surface area contributed by atoms with Gasteiger partial charge in [0.05, 0.1) is 18.1 Å². The third-order valence-electron chi connectivity index (χ3n) is 4.22. The zero-order chi connectivity index (χ0) is 19.5. The summed E-state index contributed by atoms with van der Waals surface area (Å²) in [5.41, 5.74) is 1.16. The second-order valence-corrected chi connectivity index (χ2v) is 8.36. The molecular formula is C21H19N3O2S2. The Morgan fingerprint density at radius 3 is 2.79 bits per heavy atom. The van der Waals surface area contributed by atoms with E-state index in [1.807, 2.05) is 44.2 Å². The van der Waals surface area contributed by atoms with Crippen LogP contribution in [0.2, 0.25) is 0 Å². The number of hydrogen-bond acceptors (Lipinski definition) is 6. The number of thioether (sulfide) groups is 1. The van der Waals surface area contributed by atoms with Gasteiger partial charge in [-0.25, -0.2) is 9.97 Å². The monoisotopic (exact) mass is 409 g/mol. The van der Waals surface area contributed by atoms with E-state index in [9.17, 15) is 4.79 Å². The van der Waals surface area contributed by atoms with Crippen LogP contribution in [-0.2, 0) is 4.79 Å². The Kier molecular flexibility index (Phi) is 5.45. The molecule has 5 nitrogen and oxygen atoms in total. The van der Waals surface area contributed by atoms with Crippen molar-refractivity contribution in [1.82, 2.24) is 15.3 Å². The predicted molar refractivity (Wildman–Crippen MR) is 114 cm³/mol. The molecule has 0 unspecified atom stereocenters. The first-order valence-corrected chi connectivity index (χ1v) is 10.7. The highest BCUT2D eigenvalue weighted by Gasteiger charge is 2.15. The first-order chi connectivity index (χ1) is 13.6. The van der Waals surface area contributed by atoms with E-state index in [0.29, 0.717) is 5.82 Å². The minimum atomic E-state index is -0.166. The Bertz CT molecular complexity index is 1090. The molecule has 1 atom stereocenters. The number of rotatable bonds is 6. The lowest BCUT2D eigenvalue weighted by molar-refractivity contribution is -0.119. The van der Waals surface area contributed by atoms with Crippen LogP contribution in [0.15, 0.2) is 64.2 Å². The molecule has 0 spiro atoms. The molecule has 0 saturated carbocycles. The quantitative estimate of drug-likeness (QED) is 0.349. The number of nitrogens with zero attached hydrogens (tertiary/aromatic N) is 2. The number of carbonyl (C=O) groups excluding carboxylic acids is 1. The van der Waals surface area contributed by atoms with Crippen molar-refractivity contribution >= 4 is 39.2 Å². The topological polar surface area (TPSA) is 68.0 Å². The fourth-order valence-corrected chi connectivity index (χ4v) is 4.88. The van der Waals surface area contributed by atoms with Crippen molar-refractivity contribution in [3.05, 3.63) is 66.4 Å². The first-order valence-electron chi connectivity index (χ1n) is 8.89. The molecule has 7 heteroatoms. The molecule has 0 fully saturated rings. The lowest BCUT2D eigenvalue weighted by atomic mass is 10.2. The second-order valence-electron chi connectivity index (χ2n) is 6.36. The van der Waals surface area contributed by atoms with Gasteiger partial charge < -0.3 is 9.73 Å². The van der Waals surface area contributed by atoms with Crippen LogP contribution < -0.4 is 5.32 Å². The molecule has 4 aromatic rings. The Balaban J connectivity index is 1.51. The van der Waals surface area contributed by atoms with E-state index in [1.165, 1.54) is 11.8 Å². The Morgan fingerprint density at radius 1 is 1.21 bits per heavy atom. The van der Waals surface area contributed by atoms with Crippen molar-refractivity contribution in [3.8, 4) is 10.4 Å². The summed E-state index contributed by atoms with van der Waals surface area (Å²) in [5.74, 6) is 1.68. The van der Waals surface area contributed by atoms with E-state index in [4.69, 9.17) is 4.42 Å². The number of hydrogen-bond donors (Lipinski definition) is 1. The molecular weight excluding hydrogens is 390 g/mol. The molecule has 4 rings (SSSR count). The lowest BCUT2D eigenvalue weighted by Crippen LogP contribution is -2.27. The lowest BCUT2D eigenvalue weighted by Gasteiger charge is -2.11. The highest BCUT2D eigenvalue weighted by molar-refractivity contribution is 8.00. The molecule has 3 aromatic heterocycles. The molecule has 0 bridgehead atoms. The maximum absolute atomic E-state index is 12.4. The molecule has 0 radical (unpaired) electrons. The third-order valence-corrected chi connectivity index (χ3v) is 6.28. The molecule has 0 saturated heterocycles. The minimum absolute atomic E-state index is 0.0585. The number of nitrogens with one attached hydrogen (secondary N) is 1. The number of thiophene rings is 1. The van der Waals surface area contributed by atoms with Gasteiger partial charge in [0.1, 0.15) is 21.4 Å². The number of aryl methyl sites for hydroxylation is 1. The van der Waals surface area contributed by atoms with Gasteiger partial charge in [-0.05, 0) is 37.6 Å². The smallest absolute Gasteiger partial charge is 0.230 e. The molecule has 28 heavy (non-hydrogen) atoms. The van der Waals surface area contributed by atoms with Crippen molar-refractivity contribution in [3.63, 3.8) is 0 Å². The maximum Gasteiger partial charge on any atom is 0.230 e.